The molecule has 1 aliphatic rings. The summed E-state index contributed by atoms with van der Waals surface area (Å²) in [5.41, 5.74) is 4.99. The summed E-state index contributed by atoms with van der Waals surface area (Å²) in [6, 6.07) is 4.12. The van der Waals surface area contributed by atoms with Crippen LogP contribution in [0.4, 0.5) is 32.2 Å². The number of aromatic nitrogens is 1. The molecule has 0 radical (unpaired) electrons. The van der Waals surface area contributed by atoms with Crippen LogP contribution in [0, 0.1) is 17.5 Å². The second kappa shape index (κ2) is 6.79. The van der Waals surface area contributed by atoms with E-state index in [1.54, 1.807) is 4.90 Å². The van der Waals surface area contributed by atoms with Gasteiger partial charge in [-0.15, -0.1) is 0 Å². The first-order valence-electron chi connectivity index (χ1n) is 7.86. The molecule has 3 rings (SSSR count). The van der Waals surface area contributed by atoms with Crippen molar-refractivity contribution in [3.63, 3.8) is 0 Å². The van der Waals surface area contributed by atoms with Gasteiger partial charge in [-0.1, -0.05) is 6.07 Å². The zero-order valence-electron chi connectivity index (χ0n) is 13.4. The summed E-state index contributed by atoms with van der Waals surface area (Å²) in [5, 5.41) is 0. The van der Waals surface area contributed by atoms with E-state index < -0.39 is 41.3 Å². The van der Waals surface area contributed by atoms with E-state index in [0.717, 1.165) is 12.1 Å². The summed E-state index contributed by atoms with van der Waals surface area (Å²) in [6.45, 7) is 0.364. The topological polar surface area (TPSA) is 42.1 Å². The molecule has 0 saturated carbocycles. The van der Waals surface area contributed by atoms with E-state index in [2.05, 4.69) is 4.98 Å². The monoisotopic (exact) mass is 375 g/mol. The summed E-state index contributed by atoms with van der Waals surface area (Å²) in [4.78, 5) is 5.17. The molecule has 0 bridgehead atoms. The van der Waals surface area contributed by atoms with Crippen LogP contribution in [0.5, 0.6) is 0 Å². The largest absolute Gasteiger partial charge is 0.433 e. The smallest absolute Gasteiger partial charge is 0.355 e. The first-order valence-corrected chi connectivity index (χ1v) is 7.86. The maximum absolute atomic E-state index is 14.0. The van der Waals surface area contributed by atoms with Crippen LogP contribution < -0.4 is 10.6 Å². The van der Waals surface area contributed by atoms with Gasteiger partial charge < -0.3 is 10.6 Å². The highest BCUT2D eigenvalue weighted by Gasteiger charge is 2.34. The van der Waals surface area contributed by atoms with Crippen molar-refractivity contribution < 1.29 is 26.3 Å². The SMILES string of the molecule is N[C@H]1CN(c2cccc(C(F)(F)F)n2)CC[C@@H]1c1cc(F)c(F)cc1F. The van der Waals surface area contributed by atoms with Gasteiger partial charge in [0.05, 0.1) is 0 Å². The van der Waals surface area contributed by atoms with Crippen molar-refractivity contribution in [3.8, 4) is 0 Å². The number of piperidine rings is 1. The average molecular weight is 375 g/mol. The highest BCUT2D eigenvalue weighted by Crippen LogP contribution is 2.33. The normalized spacial score (nSPS) is 21.1. The van der Waals surface area contributed by atoms with Gasteiger partial charge in [0, 0.05) is 31.1 Å². The predicted molar refractivity (Wildman–Crippen MR) is 83.1 cm³/mol. The van der Waals surface area contributed by atoms with Gasteiger partial charge in [0.25, 0.3) is 0 Å². The lowest BCUT2D eigenvalue weighted by atomic mass is 9.85. The van der Waals surface area contributed by atoms with E-state index in [1.165, 1.54) is 12.1 Å². The molecule has 9 heteroatoms. The zero-order chi connectivity index (χ0) is 19.1. The van der Waals surface area contributed by atoms with Crippen molar-refractivity contribution in [1.82, 2.24) is 4.98 Å². The fourth-order valence-electron chi connectivity index (χ4n) is 3.16. The van der Waals surface area contributed by atoms with Crippen LogP contribution in [0.25, 0.3) is 0 Å². The molecule has 0 aliphatic carbocycles. The number of rotatable bonds is 2. The molecule has 2 aromatic rings. The summed E-state index contributed by atoms with van der Waals surface area (Å²) in [5.74, 6) is -3.82. The molecule has 0 unspecified atom stereocenters. The Hall–Kier alpha value is -2.29. The van der Waals surface area contributed by atoms with E-state index in [0.29, 0.717) is 6.07 Å². The Morgan fingerprint density at radius 2 is 1.73 bits per heavy atom. The van der Waals surface area contributed by atoms with Gasteiger partial charge in [-0.3, -0.25) is 0 Å². The number of hydrogen-bond donors (Lipinski definition) is 1. The lowest BCUT2D eigenvalue weighted by molar-refractivity contribution is -0.141. The molecule has 0 spiro atoms. The lowest BCUT2D eigenvalue weighted by Crippen LogP contribution is -2.48. The van der Waals surface area contributed by atoms with Gasteiger partial charge >= 0.3 is 6.18 Å². The number of nitrogens with zero attached hydrogens (tertiary/aromatic N) is 2. The molecule has 0 amide bonds. The average Bonchev–Trinajstić information content (AvgIpc) is 2.58. The molecule has 3 nitrogen and oxygen atoms in total. The van der Waals surface area contributed by atoms with E-state index in [1.807, 2.05) is 0 Å². The van der Waals surface area contributed by atoms with E-state index in [4.69, 9.17) is 5.73 Å². The van der Waals surface area contributed by atoms with Crippen molar-refractivity contribution in [2.75, 3.05) is 18.0 Å². The summed E-state index contributed by atoms with van der Waals surface area (Å²) in [7, 11) is 0. The van der Waals surface area contributed by atoms with Gasteiger partial charge in [0.15, 0.2) is 11.6 Å². The molecule has 1 aliphatic heterocycles. The number of hydrogen-bond acceptors (Lipinski definition) is 3. The predicted octanol–water partition coefficient (Wildman–Crippen LogP) is 3.84. The van der Waals surface area contributed by atoms with Crippen LogP contribution in [-0.2, 0) is 6.18 Å². The second-order valence-electron chi connectivity index (χ2n) is 6.17. The minimum atomic E-state index is -4.56. The molecular weight excluding hydrogens is 360 g/mol. The van der Waals surface area contributed by atoms with Gasteiger partial charge in [0.1, 0.15) is 17.3 Å². The van der Waals surface area contributed by atoms with Crippen LogP contribution in [-0.4, -0.2) is 24.1 Å². The lowest BCUT2D eigenvalue weighted by Gasteiger charge is -2.37. The zero-order valence-corrected chi connectivity index (χ0v) is 13.4. The maximum atomic E-state index is 14.0. The van der Waals surface area contributed by atoms with Crippen LogP contribution in [0.3, 0.4) is 0 Å². The van der Waals surface area contributed by atoms with Gasteiger partial charge in [-0.25, -0.2) is 18.2 Å². The number of alkyl halides is 3. The van der Waals surface area contributed by atoms with Crippen LogP contribution >= 0.6 is 0 Å². The molecule has 2 atom stereocenters. The Labute approximate surface area is 145 Å². The molecule has 1 aromatic carbocycles. The molecule has 1 aromatic heterocycles. The summed E-state index contributed by atoms with van der Waals surface area (Å²) >= 11 is 0. The number of halogens is 6. The fourth-order valence-corrected chi connectivity index (χ4v) is 3.16. The Morgan fingerprint density at radius 1 is 1.04 bits per heavy atom. The Kier molecular flexibility index (Phi) is 4.83. The molecule has 1 fully saturated rings. The Balaban J connectivity index is 1.80. The van der Waals surface area contributed by atoms with Crippen molar-refractivity contribution in [2.45, 2.75) is 24.6 Å². The van der Waals surface area contributed by atoms with Crippen molar-refractivity contribution >= 4 is 5.82 Å². The summed E-state index contributed by atoms with van der Waals surface area (Å²) < 4.78 is 78.9. The quantitative estimate of drug-likeness (QED) is 0.641. The van der Waals surface area contributed by atoms with Crippen LogP contribution in [0.15, 0.2) is 30.3 Å². The van der Waals surface area contributed by atoms with E-state index in [9.17, 15) is 26.3 Å². The van der Waals surface area contributed by atoms with Gasteiger partial charge in [-0.2, -0.15) is 13.2 Å². The highest BCUT2D eigenvalue weighted by molar-refractivity contribution is 5.42. The van der Waals surface area contributed by atoms with Crippen LogP contribution in [0.2, 0.25) is 0 Å². The molecule has 1 saturated heterocycles. The first kappa shape index (κ1) is 18.5. The Bertz CT molecular complexity index is 808. The minimum Gasteiger partial charge on any atom is -0.355 e. The number of nitrogens with two attached hydrogens (primary N) is 1. The number of pyridine rings is 1. The first-order chi connectivity index (χ1) is 12.2. The second-order valence-corrected chi connectivity index (χ2v) is 6.17. The van der Waals surface area contributed by atoms with Crippen molar-refractivity contribution in [3.05, 3.63) is 59.0 Å². The van der Waals surface area contributed by atoms with Crippen molar-refractivity contribution in [1.29, 1.82) is 0 Å². The fraction of sp³-hybridized carbons (Fsp3) is 0.353. The Morgan fingerprint density at radius 3 is 2.38 bits per heavy atom. The maximum Gasteiger partial charge on any atom is 0.433 e. The molecule has 2 N–H and O–H groups in total. The van der Waals surface area contributed by atoms with Gasteiger partial charge in [0.2, 0.25) is 0 Å². The van der Waals surface area contributed by atoms with Gasteiger partial charge in [-0.05, 0) is 30.2 Å². The van der Waals surface area contributed by atoms with Crippen LogP contribution in [0.1, 0.15) is 23.6 Å². The highest BCUT2D eigenvalue weighted by atomic mass is 19.4. The third kappa shape index (κ3) is 3.62. The molecular formula is C17H15F6N3. The number of benzene rings is 1. The number of anilines is 1. The minimum absolute atomic E-state index is 0.0342. The van der Waals surface area contributed by atoms with E-state index in [-0.39, 0.29) is 30.9 Å². The molecule has 140 valence electrons. The van der Waals surface area contributed by atoms with Crippen molar-refractivity contribution in [2.24, 2.45) is 5.73 Å². The molecule has 26 heavy (non-hydrogen) atoms. The summed E-state index contributed by atoms with van der Waals surface area (Å²) in [6.07, 6.45) is -4.30. The third-order valence-electron chi connectivity index (χ3n) is 4.45. The standard InChI is InChI=1S/C17H15F6N3/c18-11-7-13(20)12(19)6-10(11)9-4-5-26(8-14(9)24)16-3-1-2-15(25-16)17(21,22)23/h1-3,6-7,9,14H,4-5,8,24H2/t9-,14+/m1/s1. The molecule has 2 heterocycles. The third-order valence-corrected chi connectivity index (χ3v) is 4.45. The van der Waals surface area contributed by atoms with E-state index >= 15 is 0 Å².